The highest BCUT2D eigenvalue weighted by Gasteiger charge is 2.41. The third-order valence-corrected chi connectivity index (χ3v) is 3.57. The van der Waals surface area contributed by atoms with Crippen molar-refractivity contribution in [1.82, 2.24) is 0 Å². The predicted octanol–water partition coefficient (Wildman–Crippen LogP) is 4.21. The zero-order valence-electron chi connectivity index (χ0n) is 11.8. The number of carbonyl (C=O) groups excluding carboxylic acids is 1. The summed E-state index contributed by atoms with van der Waals surface area (Å²) in [6, 6.07) is 0. The fourth-order valence-electron chi connectivity index (χ4n) is 2.68. The number of hydrogen-bond donors (Lipinski definition) is 0. The maximum absolute atomic E-state index is 12.3. The minimum atomic E-state index is -0.0260. The first kappa shape index (κ1) is 14.6. The summed E-state index contributed by atoms with van der Waals surface area (Å²) in [4.78, 5) is 12.8. The molecule has 0 spiro atoms. The SMILES string of the molecule is CC(C)(C)CC1C=CC(=S)C(=O)C1C(C)(C)C. The fraction of sp³-hybridized carbons (Fsp3) is 0.733. The van der Waals surface area contributed by atoms with E-state index in [1.54, 1.807) is 0 Å². The molecule has 17 heavy (non-hydrogen) atoms. The van der Waals surface area contributed by atoms with Crippen molar-refractivity contribution < 1.29 is 4.79 Å². The smallest absolute Gasteiger partial charge is 0.177 e. The Morgan fingerprint density at radius 3 is 2.12 bits per heavy atom. The van der Waals surface area contributed by atoms with E-state index in [1.165, 1.54) is 0 Å². The minimum absolute atomic E-state index is 0.0260. The van der Waals surface area contributed by atoms with Crippen LogP contribution in [-0.4, -0.2) is 10.6 Å². The summed E-state index contributed by atoms with van der Waals surface area (Å²) >= 11 is 5.13. The maximum Gasteiger partial charge on any atom is 0.177 e. The van der Waals surface area contributed by atoms with Gasteiger partial charge in [0.25, 0.3) is 0 Å². The van der Waals surface area contributed by atoms with Crippen LogP contribution in [0.3, 0.4) is 0 Å². The van der Waals surface area contributed by atoms with Gasteiger partial charge in [-0.3, -0.25) is 4.79 Å². The first-order valence-corrected chi connectivity index (χ1v) is 6.69. The van der Waals surface area contributed by atoms with E-state index < -0.39 is 0 Å². The molecule has 0 aromatic rings. The molecule has 0 saturated carbocycles. The van der Waals surface area contributed by atoms with Gasteiger partial charge in [-0.1, -0.05) is 59.8 Å². The summed E-state index contributed by atoms with van der Waals surface area (Å²) in [5, 5.41) is 0. The molecule has 0 aromatic heterocycles. The highest BCUT2D eigenvalue weighted by Crippen LogP contribution is 2.41. The molecule has 1 nitrogen and oxygen atoms in total. The number of Topliss-reactive ketones (excluding diaryl/α,β-unsaturated/α-hetero) is 1. The standard InChI is InChI=1S/C15H24OS/c1-14(2,3)9-10-7-8-11(17)13(16)12(10)15(4,5)6/h7-8,10,12H,9H2,1-6H3. The van der Waals surface area contributed by atoms with E-state index >= 15 is 0 Å². The van der Waals surface area contributed by atoms with Crippen LogP contribution in [0.25, 0.3) is 0 Å². The van der Waals surface area contributed by atoms with Crippen LogP contribution < -0.4 is 0 Å². The van der Waals surface area contributed by atoms with E-state index in [1.807, 2.05) is 6.08 Å². The lowest BCUT2D eigenvalue weighted by Gasteiger charge is -2.39. The van der Waals surface area contributed by atoms with Crippen molar-refractivity contribution in [3.05, 3.63) is 12.2 Å². The average molecular weight is 252 g/mol. The molecule has 0 heterocycles. The van der Waals surface area contributed by atoms with Gasteiger partial charge < -0.3 is 0 Å². The molecule has 2 heteroatoms. The molecule has 0 amide bonds. The van der Waals surface area contributed by atoms with Crippen LogP contribution in [0.4, 0.5) is 0 Å². The normalized spacial score (nSPS) is 26.5. The average Bonchev–Trinajstić information content (AvgIpc) is 2.06. The van der Waals surface area contributed by atoms with Crippen LogP contribution in [0.15, 0.2) is 12.2 Å². The molecule has 1 aliphatic carbocycles. The van der Waals surface area contributed by atoms with Crippen molar-refractivity contribution in [1.29, 1.82) is 0 Å². The fourth-order valence-corrected chi connectivity index (χ4v) is 2.89. The van der Waals surface area contributed by atoms with E-state index in [9.17, 15) is 4.79 Å². The summed E-state index contributed by atoms with van der Waals surface area (Å²) in [5.74, 6) is 0.498. The minimum Gasteiger partial charge on any atom is -0.293 e. The number of carbonyl (C=O) groups is 1. The van der Waals surface area contributed by atoms with Gasteiger partial charge in [0, 0.05) is 5.92 Å². The molecule has 1 aliphatic rings. The number of allylic oxidation sites excluding steroid dienone is 2. The predicted molar refractivity (Wildman–Crippen MR) is 77.3 cm³/mol. The third kappa shape index (κ3) is 3.74. The van der Waals surface area contributed by atoms with Gasteiger partial charge in [-0.05, 0) is 29.2 Å². The second-order valence-electron chi connectivity index (χ2n) is 7.36. The zero-order chi connectivity index (χ0) is 13.4. The lowest BCUT2D eigenvalue weighted by atomic mass is 9.64. The van der Waals surface area contributed by atoms with Crippen LogP contribution >= 0.6 is 12.2 Å². The largest absolute Gasteiger partial charge is 0.293 e. The van der Waals surface area contributed by atoms with Crippen molar-refractivity contribution in [2.24, 2.45) is 22.7 Å². The molecular weight excluding hydrogens is 228 g/mol. The van der Waals surface area contributed by atoms with Gasteiger partial charge in [-0.2, -0.15) is 0 Å². The Balaban J connectivity index is 3.05. The van der Waals surface area contributed by atoms with Gasteiger partial charge in [0.15, 0.2) is 5.78 Å². The molecule has 0 aliphatic heterocycles. The number of rotatable bonds is 1. The summed E-state index contributed by atoms with van der Waals surface area (Å²) in [6.07, 6.45) is 5.00. The van der Waals surface area contributed by atoms with E-state index in [-0.39, 0.29) is 22.5 Å². The highest BCUT2D eigenvalue weighted by molar-refractivity contribution is 7.82. The summed E-state index contributed by atoms with van der Waals surface area (Å²) in [6.45, 7) is 13.1. The van der Waals surface area contributed by atoms with Crippen LogP contribution in [0.5, 0.6) is 0 Å². The maximum atomic E-state index is 12.3. The van der Waals surface area contributed by atoms with Crippen molar-refractivity contribution in [2.75, 3.05) is 0 Å². The first-order valence-electron chi connectivity index (χ1n) is 6.29. The van der Waals surface area contributed by atoms with E-state index in [0.717, 1.165) is 6.42 Å². The Hall–Kier alpha value is -0.500. The van der Waals surface area contributed by atoms with Gasteiger partial charge in [-0.25, -0.2) is 0 Å². The Morgan fingerprint density at radius 2 is 1.71 bits per heavy atom. The number of thiocarbonyl (C=S) groups is 1. The van der Waals surface area contributed by atoms with Gasteiger partial charge in [0.1, 0.15) is 0 Å². The van der Waals surface area contributed by atoms with Crippen LogP contribution in [0.1, 0.15) is 48.0 Å². The van der Waals surface area contributed by atoms with Crippen molar-refractivity contribution in [3.63, 3.8) is 0 Å². The lowest BCUT2D eigenvalue weighted by Crippen LogP contribution is -2.41. The topological polar surface area (TPSA) is 17.1 Å². The van der Waals surface area contributed by atoms with Gasteiger partial charge in [0.05, 0.1) is 4.86 Å². The van der Waals surface area contributed by atoms with Gasteiger partial charge >= 0.3 is 0 Å². The summed E-state index contributed by atoms with van der Waals surface area (Å²) in [5.41, 5.74) is 0.208. The molecule has 2 unspecified atom stereocenters. The van der Waals surface area contributed by atoms with Gasteiger partial charge in [-0.15, -0.1) is 0 Å². The van der Waals surface area contributed by atoms with Crippen LogP contribution in [0.2, 0.25) is 0 Å². The molecule has 0 saturated heterocycles. The van der Waals surface area contributed by atoms with Crippen LogP contribution in [0, 0.1) is 22.7 Å². The highest BCUT2D eigenvalue weighted by atomic mass is 32.1. The molecule has 2 atom stereocenters. The molecule has 0 fully saturated rings. The van der Waals surface area contributed by atoms with Crippen LogP contribution in [-0.2, 0) is 4.79 Å². The van der Waals surface area contributed by atoms with Crippen molar-refractivity contribution in [2.45, 2.75) is 48.0 Å². The second kappa shape index (κ2) is 4.64. The Morgan fingerprint density at radius 1 is 1.18 bits per heavy atom. The quantitative estimate of drug-likeness (QED) is 0.650. The van der Waals surface area contributed by atoms with E-state index in [2.05, 4.69) is 47.6 Å². The van der Waals surface area contributed by atoms with Crippen molar-refractivity contribution >= 4 is 22.9 Å². The van der Waals surface area contributed by atoms with E-state index in [4.69, 9.17) is 12.2 Å². The lowest BCUT2D eigenvalue weighted by molar-refractivity contribution is -0.121. The monoisotopic (exact) mass is 252 g/mol. The second-order valence-corrected chi connectivity index (χ2v) is 7.80. The van der Waals surface area contributed by atoms with E-state index in [0.29, 0.717) is 10.8 Å². The molecule has 0 N–H and O–H groups in total. The van der Waals surface area contributed by atoms with Gasteiger partial charge in [0.2, 0.25) is 0 Å². The molecule has 0 radical (unpaired) electrons. The molecule has 96 valence electrons. The zero-order valence-corrected chi connectivity index (χ0v) is 12.6. The Kier molecular flexibility index (Phi) is 3.97. The summed E-state index contributed by atoms with van der Waals surface area (Å²) in [7, 11) is 0. The molecular formula is C15H24OS. The Bertz CT molecular complexity index is 352. The Labute approximate surface area is 111 Å². The summed E-state index contributed by atoms with van der Waals surface area (Å²) < 4.78 is 0. The first-order chi connectivity index (χ1) is 7.52. The number of ketones is 1. The molecule has 1 rings (SSSR count). The number of hydrogen-bond acceptors (Lipinski definition) is 2. The molecule has 0 bridgehead atoms. The third-order valence-electron chi connectivity index (χ3n) is 3.23. The van der Waals surface area contributed by atoms with Crippen molar-refractivity contribution in [3.8, 4) is 0 Å². The molecule has 0 aromatic carbocycles.